The zero-order chi connectivity index (χ0) is 17.6. The number of ether oxygens (including phenoxy) is 1. The number of anilines is 1. The second-order valence-electron chi connectivity index (χ2n) is 6.79. The first kappa shape index (κ1) is 17.8. The van der Waals surface area contributed by atoms with E-state index >= 15 is 0 Å². The van der Waals surface area contributed by atoms with E-state index < -0.39 is 0 Å². The van der Waals surface area contributed by atoms with Crippen LogP contribution in [0.3, 0.4) is 0 Å². The lowest BCUT2D eigenvalue weighted by atomic mass is 10.2. The molecule has 2 aromatic rings. The first-order valence-electron chi connectivity index (χ1n) is 9.05. The maximum atomic E-state index is 6.02. The van der Waals surface area contributed by atoms with Crippen LogP contribution >= 0.6 is 0 Å². The minimum atomic E-state index is 0.150. The van der Waals surface area contributed by atoms with E-state index in [1.807, 2.05) is 13.8 Å². The summed E-state index contributed by atoms with van der Waals surface area (Å²) in [5, 5.41) is 3.36. The summed E-state index contributed by atoms with van der Waals surface area (Å²) in [6.45, 7) is 10.6. The highest BCUT2D eigenvalue weighted by molar-refractivity contribution is 5.33. The molecule has 0 aliphatic carbocycles. The van der Waals surface area contributed by atoms with Crippen molar-refractivity contribution in [1.82, 2.24) is 14.9 Å². The van der Waals surface area contributed by atoms with Crippen molar-refractivity contribution in [2.45, 2.75) is 39.8 Å². The number of hydrogen-bond donors (Lipinski definition) is 1. The maximum Gasteiger partial charge on any atom is 0.223 e. The van der Waals surface area contributed by atoms with Gasteiger partial charge in [-0.25, -0.2) is 9.97 Å². The molecule has 25 heavy (non-hydrogen) atoms. The molecule has 0 amide bonds. The van der Waals surface area contributed by atoms with Gasteiger partial charge < -0.3 is 10.1 Å². The number of aryl methyl sites for hydroxylation is 2. The summed E-state index contributed by atoms with van der Waals surface area (Å²) in [5.74, 6) is 0.697. The van der Waals surface area contributed by atoms with Crippen LogP contribution in [0.4, 0.5) is 5.95 Å². The van der Waals surface area contributed by atoms with Crippen LogP contribution in [0.15, 0.2) is 30.3 Å². The average Bonchev–Trinajstić information content (AvgIpc) is 2.84. The van der Waals surface area contributed by atoms with Gasteiger partial charge in [-0.1, -0.05) is 30.3 Å². The van der Waals surface area contributed by atoms with Crippen LogP contribution in [0.5, 0.6) is 0 Å². The molecule has 3 rings (SSSR count). The zero-order valence-electron chi connectivity index (χ0n) is 15.5. The second kappa shape index (κ2) is 8.41. The second-order valence-corrected chi connectivity index (χ2v) is 6.79. The van der Waals surface area contributed by atoms with E-state index in [2.05, 4.69) is 57.4 Å². The molecule has 5 heteroatoms. The van der Waals surface area contributed by atoms with E-state index in [4.69, 9.17) is 4.74 Å². The molecule has 1 aliphatic rings. The Kier molecular flexibility index (Phi) is 6.00. The topological polar surface area (TPSA) is 50.3 Å². The predicted molar refractivity (Wildman–Crippen MR) is 101 cm³/mol. The predicted octanol–water partition coefficient (Wildman–Crippen LogP) is 3.10. The van der Waals surface area contributed by atoms with Crippen molar-refractivity contribution in [3.05, 3.63) is 52.8 Å². The SMILES string of the molecule is Cc1nc(NCC2CN(Cc3ccccc3)CCCO2)nc(C)c1C. The lowest BCUT2D eigenvalue weighted by Crippen LogP contribution is -2.35. The third-order valence-electron chi connectivity index (χ3n) is 4.80. The lowest BCUT2D eigenvalue weighted by Gasteiger charge is -2.24. The van der Waals surface area contributed by atoms with Gasteiger partial charge in [0.15, 0.2) is 0 Å². The Balaban J connectivity index is 1.58. The highest BCUT2D eigenvalue weighted by Gasteiger charge is 2.19. The van der Waals surface area contributed by atoms with E-state index in [9.17, 15) is 0 Å². The molecule has 5 nitrogen and oxygen atoms in total. The molecule has 1 aromatic heterocycles. The molecular weight excluding hydrogens is 312 g/mol. The van der Waals surface area contributed by atoms with Gasteiger partial charge in [0.2, 0.25) is 5.95 Å². The maximum absolute atomic E-state index is 6.02. The molecule has 1 atom stereocenters. The van der Waals surface area contributed by atoms with Crippen molar-refractivity contribution in [3.63, 3.8) is 0 Å². The summed E-state index contributed by atoms with van der Waals surface area (Å²) < 4.78 is 6.02. The Morgan fingerprint density at radius 3 is 2.56 bits per heavy atom. The van der Waals surface area contributed by atoms with Crippen LogP contribution in [0.25, 0.3) is 0 Å². The molecule has 0 bridgehead atoms. The number of nitrogens with one attached hydrogen (secondary N) is 1. The minimum Gasteiger partial charge on any atom is -0.375 e. The molecule has 1 aliphatic heterocycles. The number of nitrogens with zero attached hydrogens (tertiary/aromatic N) is 3. The molecular formula is C20H28N4O. The van der Waals surface area contributed by atoms with Crippen molar-refractivity contribution in [2.75, 3.05) is 31.6 Å². The van der Waals surface area contributed by atoms with Crippen LogP contribution in [0.2, 0.25) is 0 Å². The van der Waals surface area contributed by atoms with Crippen molar-refractivity contribution in [2.24, 2.45) is 0 Å². The first-order valence-corrected chi connectivity index (χ1v) is 9.05. The fourth-order valence-corrected chi connectivity index (χ4v) is 3.14. The molecule has 0 radical (unpaired) electrons. The van der Waals surface area contributed by atoms with Gasteiger partial charge in [0.1, 0.15) is 0 Å². The third-order valence-corrected chi connectivity index (χ3v) is 4.80. The summed E-state index contributed by atoms with van der Waals surface area (Å²) in [4.78, 5) is 11.5. The molecule has 1 aromatic carbocycles. The average molecular weight is 340 g/mol. The first-order chi connectivity index (χ1) is 12.1. The molecule has 1 N–H and O–H groups in total. The molecule has 0 saturated carbocycles. The van der Waals surface area contributed by atoms with Gasteiger partial charge in [-0.3, -0.25) is 4.90 Å². The Morgan fingerprint density at radius 1 is 1.12 bits per heavy atom. The monoisotopic (exact) mass is 340 g/mol. The molecule has 0 spiro atoms. The third kappa shape index (κ3) is 5.00. The van der Waals surface area contributed by atoms with Gasteiger partial charge in [0.25, 0.3) is 0 Å². The quantitative estimate of drug-likeness (QED) is 0.906. The van der Waals surface area contributed by atoms with Crippen molar-refractivity contribution in [1.29, 1.82) is 0 Å². The number of aromatic nitrogens is 2. The summed E-state index contributed by atoms with van der Waals surface area (Å²) in [7, 11) is 0. The lowest BCUT2D eigenvalue weighted by molar-refractivity contribution is 0.0624. The molecule has 1 saturated heterocycles. The number of hydrogen-bond acceptors (Lipinski definition) is 5. The van der Waals surface area contributed by atoms with E-state index in [1.54, 1.807) is 0 Å². The Labute approximate surface area is 150 Å². The smallest absolute Gasteiger partial charge is 0.223 e. The summed E-state index contributed by atoms with van der Waals surface area (Å²) >= 11 is 0. The fourth-order valence-electron chi connectivity index (χ4n) is 3.14. The highest BCUT2D eigenvalue weighted by Crippen LogP contribution is 2.13. The van der Waals surface area contributed by atoms with Gasteiger partial charge in [0.05, 0.1) is 6.10 Å². The molecule has 1 unspecified atom stereocenters. The van der Waals surface area contributed by atoms with Crippen LogP contribution in [0.1, 0.15) is 28.9 Å². The Morgan fingerprint density at radius 2 is 1.84 bits per heavy atom. The Bertz CT molecular complexity index is 666. The normalized spacial score (nSPS) is 18.8. The van der Waals surface area contributed by atoms with Crippen LogP contribution in [0, 0.1) is 20.8 Å². The summed E-state index contributed by atoms with van der Waals surface area (Å²) in [5.41, 5.74) is 4.57. The zero-order valence-corrected chi connectivity index (χ0v) is 15.5. The number of benzene rings is 1. The summed E-state index contributed by atoms with van der Waals surface area (Å²) in [6, 6.07) is 10.6. The fraction of sp³-hybridized carbons (Fsp3) is 0.500. The van der Waals surface area contributed by atoms with Crippen molar-refractivity contribution in [3.8, 4) is 0 Å². The molecule has 134 valence electrons. The van der Waals surface area contributed by atoms with Crippen molar-refractivity contribution >= 4 is 5.95 Å². The van der Waals surface area contributed by atoms with E-state index in [-0.39, 0.29) is 6.10 Å². The van der Waals surface area contributed by atoms with Crippen LogP contribution in [-0.2, 0) is 11.3 Å². The van der Waals surface area contributed by atoms with Crippen molar-refractivity contribution < 1.29 is 4.74 Å². The van der Waals surface area contributed by atoms with Crippen LogP contribution in [-0.4, -0.2) is 47.2 Å². The van der Waals surface area contributed by atoms with E-state index in [1.165, 1.54) is 5.56 Å². The van der Waals surface area contributed by atoms with Gasteiger partial charge >= 0.3 is 0 Å². The van der Waals surface area contributed by atoms with Gasteiger partial charge in [-0.15, -0.1) is 0 Å². The van der Waals surface area contributed by atoms with E-state index in [0.717, 1.165) is 56.2 Å². The molecule has 1 fully saturated rings. The minimum absolute atomic E-state index is 0.150. The highest BCUT2D eigenvalue weighted by atomic mass is 16.5. The van der Waals surface area contributed by atoms with Gasteiger partial charge in [0, 0.05) is 44.2 Å². The van der Waals surface area contributed by atoms with Crippen LogP contribution < -0.4 is 5.32 Å². The standard InChI is InChI=1S/C20H28N4O/c1-15-16(2)22-20(23-17(15)3)21-12-19-14-24(10-7-11-25-19)13-18-8-5-4-6-9-18/h4-6,8-9,19H,7,10-14H2,1-3H3,(H,21,22,23). The molecule has 2 heterocycles. The largest absolute Gasteiger partial charge is 0.375 e. The number of rotatable bonds is 5. The van der Waals surface area contributed by atoms with Gasteiger partial charge in [-0.05, 0) is 38.3 Å². The Hall–Kier alpha value is -1.98. The van der Waals surface area contributed by atoms with Gasteiger partial charge in [-0.2, -0.15) is 0 Å². The summed E-state index contributed by atoms with van der Waals surface area (Å²) in [6.07, 6.45) is 1.22. The van der Waals surface area contributed by atoms with E-state index in [0.29, 0.717) is 5.95 Å².